The maximum Gasteiger partial charge on any atom is 0.257 e. The summed E-state index contributed by atoms with van der Waals surface area (Å²) in [5, 5.41) is 0. The Morgan fingerprint density at radius 1 is 1.00 bits per heavy atom. The predicted molar refractivity (Wildman–Crippen MR) is 75.8 cm³/mol. The molecule has 0 radical (unpaired) electrons. The first-order valence-corrected chi connectivity index (χ1v) is 6.98. The highest BCUT2D eigenvalue weighted by molar-refractivity contribution is 5.95. The van der Waals surface area contributed by atoms with Crippen LogP contribution in [0.3, 0.4) is 0 Å². The lowest BCUT2D eigenvalue weighted by Gasteiger charge is -2.25. The Morgan fingerprint density at radius 2 is 1.67 bits per heavy atom. The predicted octanol–water partition coefficient (Wildman–Crippen LogP) is 3.94. The van der Waals surface area contributed by atoms with E-state index in [-0.39, 0.29) is 23.3 Å². The number of benzene rings is 2. The lowest BCUT2D eigenvalue weighted by atomic mass is 10.0. The van der Waals surface area contributed by atoms with Crippen molar-refractivity contribution < 1.29 is 13.6 Å². The zero-order valence-electron chi connectivity index (χ0n) is 11.4. The zero-order valence-corrected chi connectivity index (χ0v) is 11.4. The van der Waals surface area contributed by atoms with E-state index in [1.807, 2.05) is 0 Å². The molecule has 2 nitrogen and oxygen atoms in total. The maximum absolute atomic E-state index is 13.9. The molecule has 0 aliphatic carbocycles. The van der Waals surface area contributed by atoms with Gasteiger partial charge in [0.25, 0.3) is 5.91 Å². The van der Waals surface area contributed by atoms with Crippen LogP contribution >= 0.6 is 0 Å². The molecule has 1 saturated heterocycles. The SMILES string of the molecule is O=C(c1ccccc1F)N1CCCC1c1ccccc1F. The monoisotopic (exact) mass is 287 g/mol. The van der Waals surface area contributed by atoms with Gasteiger partial charge in [0.15, 0.2) is 0 Å². The molecule has 4 heteroatoms. The summed E-state index contributed by atoms with van der Waals surface area (Å²) in [6.07, 6.45) is 1.49. The van der Waals surface area contributed by atoms with Gasteiger partial charge in [0.1, 0.15) is 11.6 Å². The summed E-state index contributed by atoms with van der Waals surface area (Å²) in [5.74, 6) is -1.24. The number of amides is 1. The number of hydrogen-bond acceptors (Lipinski definition) is 1. The van der Waals surface area contributed by atoms with E-state index < -0.39 is 5.82 Å². The molecule has 1 amide bonds. The summed E-state index contributed by atoms with van der Waals surface area (Å²) in [6.45, 7) is 0.520. The molecule has 3 rings (SSSR count). The number of halogens is 2. The van der Waals surface area contributed by atoms with E-state index in [4.69, 9.17) is 0 Å². The van der Waals surface area contributed by atoms with Crippen LogP contribution in [0.25, 0.3) is 0 Å². The molecule has 0 spiro atoms. The van der Waals surface area contributed by atoms with Crippen molar-refractivity contribution in [2.24, 2.45) is 0 Å². The van der Waals surface area contributed by atoms with Gasteiger partial charge in [-0.3, -0.25) is 4.79 Å². The molecular formula is C17H15F2NO. The Labute approximate surface area is 122 Å². The minimum Gasteiger partial charge on any atom is -0.331 e. The smallest absolute Gasteiger partial charge is 0.257 e. The minimum atomic E-state index is -0.540. The van der Waals surface area contributed by atoms with Gasteiger partial charge in [-0.05, 0) is 31.0 Å². The van der Waals surface area contributed by atoms with Gasteiger partial charge in [0.2, 0.25) is 0 Å². The number of rotatable bonds is 2. The van der Waals surface area contributed by atoms with E-state index >= 15 is 0 Å². The standard InChI is InChI=1S/C17H15F2NO/c18-14-8-3-1-6-12(14)16-10-5-11-20(16)17(21)13-7-2-4-9-15(13)19/h1-4,6-9,16H,5,10-11H2. The third-order valence-corrected chi connectivity index (χ3v) is 3.88. The van der Waals surface area contributed by atoms with E-state index in [0.29, 0.717) is 18.5 Å². The summed E-state index contributed by atoms with van der Waals surface area (Å²) in [4.78, 5) is 14.1. The Morgan fingerprint density at radius 3 is 2.38 bits per heavy atom. The van der Waals surface area contributed by atoms with Crippen molar-refractivity contribution in [3.63, 3.8) is 0 Å². The number of carbonyl (C=O) groups is 1. The van der Waals surface area contributed by atoms with Crippen LogP contribution in [0.2, 0.25) is 0 Å². The second-order valence-corrected chi connectivity index (χ2v) is 5.16. The fourth-order valence-electron chi connectivity index (χ4n) is 2.87. The Bertz CT molecular complexity index is 671. The summed E-state index contributed by atoms with van der Waals surface area (Å²) in [7, 11) is 0. The van der Waals surface area contributed by atoms with Gasteiger partial charge >= 0.3 is 0 Å². The minimum absolute atomic E-state index is 0.0424. The fourth-order valence-corrected chi connectivity index (χ4v) is 2.87. The molecule has 0 bridgehead atoms. The first kappa shape index (κ1) is 13.7. The van der Waals surface area contributed by atoms with Crippen LogP contribution in [0.15, 0.2) is 48.5 Å². The molecule has 0 aromatic heterocycles. The quantitative estimate of drug-likeness (QED) is 0.819. The summed E-state index contributed by atoms with van der Waals surface area (Å²) < 4.78 is 27.7. The van der Waals surface area contributed by atoms with Crippen molar-refractivity contribution in [3.05, 3.63) is 71.3 Å². The summed E-state index contributed by atoms with van der Waals surface area (Å²) in [6, 6.07) is 12.0. The first-order valence-electron chi connectivity index (χ1n) is 6.98. The van der Waals surface area contributed by atoms with Crippen molar-refractivity contribution >= 4 is 5.91 Å². The number of carbonyl (C=O) groups excluding carboxylic acids is 1. The van der Waals surface area contributed by atoms with Crippen LogP contribution in [0.5, 0.6) is 0 Å². The number of hydrogen-bond donors (Lipinski definition) is 0. The maximum atomic E-state index is 13.9. The summed E-state index contributed by atoms with van der Waals surface area (Å²) >= 11 is 0. The van der Waals surface area contributed by atoms with Crippen molar-refractivity contribution in [2.75, 3.05) is 6.54 Å². The molecule has 0 N–H and O–H groups in total. The van der Waals surface area contributed by atoms with Crippen LogP contribution in [0.1, 0.15) is 34.8 Å². The topological polar surface area (TPSA) is 20.3 Å². The highest BCUT2D eigenvalue weighted by Crippen LogP contribution is 2.34. The molecule has 1 unspecified atom stereocenters. The van der Waals surface area contributed by atoms with Crippen molar-refractivity contribution in [2.45, 2.75) is 18.9 Å². The molecule has 1 atom stereocenters. The van der Waals surface area contributed by atoms with Crippen molar-refractivity contribution in [1.29, 1.82) is 0 Å². The largest absolute Gasteiger partial charge is 0.331 e. The Balaban J connectivity index is 1.93. The third kappa shape index (κ3) is 2.53. The number of likely N-dealkylation sites (tertiary alicyclic amines) is 1. The van der Waals surface area contributed by atoms with E-state index in [0.717, 1.165) is 6.42 Å². The normalized spacial score (nSPS) is 18.0. The molecule has 2 aromatic rings. The van der Waals surface area contributed by atoms with E-state index in [1.54, 1.807) is 35.2 Å². The van der Waals surface area contributed by atoms with Gasteiger partial charge in [-0.1, -0.05) is 30.3 Å². The Hall–Kier alpha value is -2.23. The highest BCUT2D eigenvalue weighted by atomic mass is 19.1. The highest BCUT2D eigenvalue weighted by Gasteiger charge is 2.32. The fraction of sp³-hybridized carbons (Fsp3) is 0.235. The summed E-state index contributed by atoms with van der Waals surface area (Å²) in [5.41, 5.74) is 0.542. The first-order chi connectivity index (χ1) is 10.2. The van der Waals surface area contributed by atoms with Crippen molar-refractivity contribution in [3.8, 4) is 0 Å². The molecule has 21 heavy (non-hydrogen) atoms. The van der Waals surface area contributed by atoms with E-state index in [1.165, 1.54) is 18.2 Å². The van der Waals surface area contributed by atoms with Crippen LogP contribution in [-0.4, -0.2) is 17.4 Å². The van der Waals surface area contributed by atoms with Gasteiger partial charge in [-0.2, -0.15) is 0 Å². The number of nitrogens with zero attached hydrogens (tertiary/aromatic N) is 1. The molecule has 1 fully saturated rings. The lowest BCUT2D eigenvalue weighted by Crippen LogP contribution is -2.31. The molecule has 0 saturated carbocycles. The average molecular weight is 287 g/mol. The Kier molecular flexibility index (Phi) is 3.69. The van der Waals surface area contributed by atoms with Gasteiger partial charge in [0.05, 0.1) is 11.6 Å². The average Bonchev–Trinajstić information content (AvgIpc) is 2.97. The van der Waals surface area contributed by atoms with Crippen LogP contribution in [0, 0.1) is 11.6 Å². The van der Waals surface area contributed by atoms with Crippen LogP contribution in [0.4, 0.5) is 8.78 Å². The van der Waals surface area contributed by atoms with Crippen LogP contribution < -0.4 is 0 Å². The molecule has 2 aromatic carbocycles. The molecule has 1 aliphatic rings. The van der Waals surface area contributed by atoms with E-state index in [9.17, 15) is 13.6 Å². The van der Waals surface area contributed by atoms with Gasteiger partial charge in [0, 0.05) is 12.1 Å². The molecule has 1 aliphatic heterocycles. The van der Waals surface area contributed by atoms with Gasteiger partial charge in [-0.25, -0.2) is 8.78 Å². The zero-order chi connectivity index (χ0) is 14.8. The third-order valence-electron chi connectivity index (χ3n) is 3.88. The second-order valence-electron chi connectivity index (χ2n) is 5.16. The molecule has 108 valence electrons. The van der Waals surface area contributed by atoms with Gasteiger partial charge in [-0.15, -0.1) is 0 Å². The molecule has 1 heterocycles. The lowest BCUT2D eigenvalue weighted by molar-refractivity contribution is 0.0729. The molecular weight excluding hydrogens is 272 g/mol. The van der Waals surface area contributed by atoms with Crippen LogP contribution in [-0.2, 0) is 0 Å². The van der Waals surface area contributed by atoms with E-state index in [2.05, 4.69) is 0 Å². The van der Waals surface area contributed by atoms with Crippen molar-refractivity contribution in [1.82, 2.24) is 4.90 Å². The second kappa shape index (κ2) is 5.64. The van der Waals surface area contributed by atoms with Gasteiger partial charge < -0.3 is 4.90 Å².